The van der Waals surface area contributed by atoms with E-state index >= 15 is 0 Å². The molecule has 0 saturated heterocycles. The second-order valence-electron chi connectivity index (χ2n) is 9.35. The van der Waals surface area contributed by atoms with Crippen LogP contribution in [0.25, 0.3) is 0 Å². The van der Waals surface area contributed by atoms with Gasteiger partial charge in [0.1, 0.15) is 21.3 Å². The van der Waals surface area contributed by atoms with Crippen molar-refractivity contribution in [2.45, 2.75) is 28.5 Å². The first-order valence-electron chi connectivity index (χ1n) is 12.0. The zero-order valence-corrected chi connectivity index (χ0v) is 24.7. The Bertz CT molecular complexity index is 2130. The quantitative estimate of drug-likeness (QED) is 0.172. The Hall–Kier alpha value is -4.25. The van der Waals surface area contributed by atoms with Gasteiger partial charge in [0.05, 0.1) is 4.90 Å². The van der Waals surface area contributed by atoms with Gasteiger partial charge in [0.2, 0.25) is 0 Å². The van der Waals surface area contributed by atoms with E-state index in [1.54, 1.807) is 32.0 Å². The molecule has 43 heavy (non-hydrogen) atoms. The van der Waals surface area contributed by atoms with Gasteiger partial charge in [0.25, 0.3) is 30.4 Å². The second kappa shape index (κ2) is 11.4. The number of ketones is 2. The molecule has 4 aromatic carbocycles. The van der Waals surface area contributed by atoms with Crippen LogP contribution in [0.15, 0.2) is 93.5 Å². The Morgan fingerprint density at radius 1 is 0.581 bits per heavy atom. The van der Waals surface area contributed by atoms with Gasteiger partial charge >= 0.3 is 0 Å². The summed E-state index contributed by atoms with van der Waals surface area (Å²) in [4.78, 5) is 23.7. The van der Waals surface area contributed by atoms with Gasteiger partial charge in [0, 0.05) is 22.3 Å². The van der Waals surface area contributed by atoms with E-state index in [0.717, 1.165) is 42.0 Å². The summed E-state index contributed by atoms with van der Waals surface area (Å²) in [5.74, 6) is -2.71. The van der Waals surface area contributed by atoms with E-state index in [1.165, 1.54) is 18.2 Å². The zero-order valence-electron chi connectivity index (χ0n) is 22.2. The van der Waals surface area contributed by atoms with E-state index in [1.807, 2.05) is 0 Å². The van der Waals surface area contributed by atoms with Crippen LogP contribution in [0.2, 0.25) is 0 Å². The zero-order chi connectivity index (χ0) is 31.9. The largest absolute Gasteiger partial charge is 0.454 e. The Kier molecular flexibility index (Phi) is 8.43. The number of hydrogen-bond donors (Lipinski definition) is 3. The highest BCUT2D eigenvalue weighted by atomic mass is 32.2. The Balaban J connectivity index is 1.78. The van der Waals surface area contributed by atoms with Crippen LogP contribution < -0.4 is 4.74 Å². The van der Waals surface area contributed by atoms with Gasteiger partial charge in [-0.1, -0.05) is 29.8 Å². The van der Waals surface area contributed by atoms with Gasteiger partial charge in [0.15, 0.2) is 11.6 Å². The lowest BCUT2D eigenvalue weighted by Crippen LogP contribution is -2.09. The second-order valence-corrected chi connectivity index (χ2v) is 13.6. The number of benzene rings is 4. The maximum absolute atomic E-state index is 13.1. The van der Waals surface area contributed by atoms with Gasteiger partial charge in [-0.15, -0.1) is 0 Å². The van der Waals surface area contributed by atoms with Gasteiger partial charge in [-0.2, -0.15) is 25.3 Å². The lowest BCUT2D eigenvalue weighted by molar-refractivity contribution is 0.103. The van der Waals surface area contributed by atoms with Crippen molar-refractivity contribution >= 4 is 41.9 Å². The average molecular weight is 647 g/mol. The van der Waals surface area contributed by atoms with Crippen molar-refractivity contribution in [3.63, 3.8) is 0 Å². The van der Waals surface area contributed by atoms with Crippen molar-refractivity contribution in [3.05, 3.63) is 112 Å². The van der Waals surface area contributed by atoms with Crippen molar-refractivity contribution in [2.75, 3.05) is 0 Å². The van der Waals surface area contributed by atoms with Gasteiger partial charge in [-0.05, 0) is 74.0 Å². The molecule has 0 heterocycles. The molecule has 3 N–H and O–H groups in total. The molecule has 4 aromatic rings. The van der Waals surface area contributed by atoms with Crippen LogP contribution in [-0.2, 0) is 30.4 Å². The molecule has 4 rings (SSSR count). The summed E-state index contributed by atoms with van der Waals surface area (Å²) in [6.45, 7) is 3.45. The van der Waals surface area contributed by atoms with Crippen LogP contribution >= 0.6 is 0 Å². The lowest BCUT2D eigenvalue weighted by atomic mass is 9.97. The summed E-state index contributed by atoms with van der Waals surface area (Å²) in [5.41, 5.74) is 0.943. The first kappa shape index (κ1) is 31.7. The molecule has 224 valence electrons. The monoisotopic (exact) mass is 646 g/mol. The van der Waals surface area contributed by atoms with Crippen molar-refractivity contribution < 1.29 is 53.2 Å². The highest BCUT2D eigenvalue weighted by Gasteiger charge is 2.26. The van der Waals surface area contributed by atoms with Crippen LogP contribution in [0.3, 0.4) is 0 Å². The van der Waals surface area contributed by atoms with Crippen LogP contribution in [0, 0.1) is 13.8 Å². The number of carbonyl (C=O) groups is 2. The van der Waals surface area contributed by atoms with E-state index in [4.69, 9.17) is 4.74 Å². The predicted molar refractivity (Wildman–Crippen MR) is 152 cm³/mol. The fourth-order valence-corrected chi connectivity index (χ4v) is 5.90. The van der Waals surface area contributed by atoms with Crippen LogP contribution in [0.5, 0.6) is 11.5 Å². The van der Waals surface area contributed by atoms with Crippen LogP contribution in [0.1, 0.15) is 43.0 Å². The lowest BCUT2D eigenvalue weighted by Gasteiger charge is -2.14. The maximum atomic E-state index is 13.1. The van der Waals surface area contributed by atoms with Crippen molar-refractivity contribution in [1.82, 2.24) is 0 Å². The summed E-state index contributed by atoms with van der Waals surface area (Å²) in [7, 11) is -14.8. The molecular weight excluding hydrogens is 624 g/mol. The summed E-state index contributed by atoms with van der Waals surface area (Å²) in [6, 6.07) is 15.1. The average Bonchev–Trinajstić information content (AvgIpc) is 2.92. The van der Waals surface area contributed by atoms with E-state index < -0.39 is 68.1 Å². The van der Waals surface area contributed by atoms with Gasteiger partial charge in [-0.3, -0.25) is 23.2 Å². The normalized spacial score (nSPS) is 12.1. The molecule has 0 aliphatic carbocycles. The fraction of sp³-hybridized carbons (Fsp3) is 0.0714. The molecule has 0 amide bonds. The number of aryl methyl sites for hydroxylation is 2. The van der Waals surface area contributed by atoms with Crippen LogP contribution in [0.4, 0.5) is 0 Å². The minimum absolute atomic E-state index is 0.128. The molecule has 0 saturated carbocycles. The Labute approximate surface area is 246 Å². The molecule has 0 aliphatic rings. The van der Waals surface area contributed by atoms with Gasteiger partial charge < -0.3 is 4.74 Å². The molecule has 0 atom stereocenters. The highest BCUT2D eigenvalue weighted by Crippen LogP contribution is 2.35. The molecular formula is C28H22O12S3. The third-order valence-corrected chi connectivity index (χ3v) is 8.82. The standard InChI is InChI=1S/C28H22O12S3/c1-16-6-7-17(2)22(12-16)28(30)20-9-11-24(26(15-20)43(37,38)39)40-23-10-8-19(14-25(23)42(34,35)36)27(29)18-4-3-5-21(13-18)41(31,32)33/h3-15H,1-2H3,(H,31,32,33)(H,34,35,36)(H,37,38,39). The molecule has 0 fully saturated rings. The minimum atomic E-state index is -5.12. The SMILES string of the molecule is Cc1ccc(C)c(C(=O)c2ccc(Oc3ccc(C(=O)c4cccc(S(=O)(=O)O)c4)cc3S(=O)(=O)O)c(S(=O)(=O)O)c2)c1. The molecule has 12 nitrogen and oxygen atoms in total. The summed E-state index contributed by atoms with van der Waals surface area (Å²) in [6.07, 6.45) is 0. The smallest absolute Gasteiger partial charge is 0.298 e. The van der Waals surface area contributed by atoms with E-state index in [-0.39, 0.29) is 22.3 Å². The number of carbonyl (C=O) groups excluding carboxylic acids is 2. The summed E-state index contributed by atoms with van der Waals surface area (Å²) < 4.78 is 106. The Morgan fingerprint density at radius 2 is 1.09 bits per heavy atom. The number of rotatable bonds is 9. The van der Waals surface area contributed by atoms with Crippen LogP contribution in [-0.4, -0.2) is 50.5 Å². The third kappa shape index (κ3) is 7.05. The first-order chi connectivity index (χ1) is 19.9. The third-order valence-electron chi connectivity index (χ3n) is 6.22. The summed E-state index contributed by atoms with van der Waals surface area (Å²) in [5, 5.41) is 0. The molecule has 0 radical (unpaired) electrons. The number of hydrogen-bond acceptors (Lipinski definition) is 9. The number of ether oxygens (including phenoxy) is 1. The Morgan fingerprint density at radius 3 is 1.60 bits per heavy atom. The van der Waals surface area contributed by atoms with Crippen molar-refractivity contribution in [3.8, 4) is 11.5 Å². The van der Waals surface area contributed by atoms with Gasteiger partial charge in [-0.25, -0.2) is 0 Å². The van der Waals surface area contributed by atoms with Crippen molar-refractivity contribution in [2.24, 2.45) is 0 Å². The molecule has 0 aliphatic heterocycles. The molecule has 15 heteroatoms. The molecule has 0 spiro atoms. The first-order valence-corrected chi connectivity index (χ1v) is 16.3. The molecule has 0 aromatic heterocycles. The fourth-order valence-electron chi connectivity index (χ4n) is 4.09. The molecule has 0 bridgehead atoms. The topological polar surface area (TPSA) is 206 Å². The van der Waals surface area contributed by atoms with E-state index in [2.05, 4.69) is 0 Å². The molecule has 0 unspecified atom stereocenters. The predicted octanol–water partition coefficient (Wildman–Crippen LogP) is 4.30. The summed E-state index contributed by atoms with van der Waals surface area (Å²) >= 11 is 0. The highest BCUT2D eigenvalue weighted by molar-refractivity contribution is 7.86. The van der Waals surface area contributed by atoms with E-state index in [0.29, 0.717) is 11.6 Å². The minimum Gasteiger partial charge on any atom is -0.454 e. The van der Waals surface area contributed by atoms with Crippen molar-refractivity contribution in [1.29, 1.82) is 0 Å². The maximum Gasteiger partial charge on any atom is 0.298 e. The van der Waals surface area contributed by atoms with E-state index in [9.17, 15) is 48.5 Å².